The van der Waals surface area contributed by atoms with Crippen LogP contribution in [-0.2, 0) is 4.79 Å². The van der Waals surface area contributed by atoms with E-state index in [0.29, 0.717) is 18.1 Å². The standard InChI is InChI=1S/C11H15ClN2O2/c1-8-7-9(12)3-4-10(8)16-6-5-11(15)14-13-2/h3-4,7,13H,5-6H2,1-2H3,(H,14,15). The number of nitrogens with one attached hydrogen (secondary N) is 2. The summed E-state index contributed by atoms with van der Waals surface area (Å²) in [6, 6.07) is 5.38. The SMILES string of the molecule is CNNC(=O)CCOc1ccc(Cl)cc1C. The van der Waals surface area contributed by atoms with Crippen LogP contribution < -0.4 is 15.6 Å². The fourth-order valence-electron chi connectivity index (χ4n) is 1.23. The van der Waals surface area contributed by atoms with Gasteiger partial charge in [-0.3, -0.25) is 10.2 Å². The van der Waals surface area contributed by atoms with Gasteiger partial charge in [0.25, 0.3) is 0 Å². The van der Waals surface area contributed by atoms with Gasteiger partial charge in [0.2, 0.25) is 5.91 Å². The molecule has 0 aromatic heterocycles. The van der Waals surface area contributed by atoms with Gasteiger partial charge in [0.1, 0.15) is 5.75 Å². The molecular formula is C11H15ClN2O2. The Balaban J connectivity index is 2.40. The lowest BCUT2D eigenvalue weighted by Crippen LogP contribution is -2.34. The number of aryl methyl sites for hydroxylation is 1. The van der Waals surface area contributed by atoms with Crippen LogP contribution in [0.1, 0.15) is 12.0 Å². The molecule has 0 aliphatic carbocycles. The number of carbonyl (C=O) groups excluding carboxylic acids is 1. The predicted molar refractivity (Wildman–Crippen MR) is 63.5 cm³/mol. The van der Waals surface area contributed by atoms with Gasteiger partial charge < -0.3 is 4.74 Å². The van der Waals surface area contributed by atoms with E-state index in [2.05, 4.69) is 10.9 Å². The second-order valence-electron chi connectivity index (χ2n) is 3.31. The van der Waals surface area contributed by atoms with Crippen molar-refractivity contribution in [2.45, 2.75) is 13.3 Å². The number of ether oxygens (including phenoxy) is 1. The Labute approximate surface area is 99.9 Å². The highest BCUT2D eigenvalue weighted by molar-refractivity contribution is 6.30. The Hall–Kier alpha value is -1.26. The molecule has 0 radical (unpaired) electrons. The highest BCUT2D eigenvalue weighted by atomic mass is 35.5. The minimum absolute atomic E-state index is 0.103. The molecule has 5 heteroatoms. The maximum atomic E-state index is 11.1. The van der Waals surface area contributed by atoms with E-state index in [4.69, 9.17) is 16.3 Å². The fraction of sp³-hybridized carbons (Fsp3) is 0.364. The number of amides is 1. The van der Waals surface area contributed by atoms with Crippen LogP contribution in [-0.4, -0.2) is 19.6 Å². The van der Waals surface area contributed by atoms with E-state index < -0.39 is 0 Å². The summed E-state index contributed by atoms with van der Waals surface area (Å²) in [7, 11) is 1.64. The van der Waals surface area contributed by atoms with E-state index in [9.17, 15) is 4.79 Å². The number of carbonyl (C=O) groups is 1. The third kappa shape index (κ3) is 4.08. The molecule has 1 aromatic rings. The van der Waals surface area contributed by atoms with Gasteiger partial charge in [0, 0.05) is 12.1 Å². The van der Waals surface area contributed by atoms with Gasteiger partial charge >= 0.3 is 0 Å². The Kier molecular flexibility index (Phi) is 5.08. The lowest BCUT2D eigenvalue weighted by molar-refractivity contribution is -0.122. The zero-order valence-electron chi connectivity index (χ0n) is 9.34. The van der Waals surface area contributed by atoms with Crippen molar-refractivity contribution in [1.82, 2.24) is 10.9 Å². The third-order valence-corrected chi connectivity index (χ3v) is 2.22. The summed E-state index contributed by atoms with van der Waals surface area (Å²) < 4.78 is 5.46. The van der Waals surface area contributed by atoms with Crippen LogP contribution in [0.25, 0.3) is 0 Å². The summed E-state index contributed by atoms with van der Waals surface area (Å²) in [5, 5.41) is 0.678. The molecule has 1 aromatic carbocycles. The highest BCUT2D eigenvalue weighted by Gasteiger charge is 2.03. The molecule has 88 valence electrons. The Morgan fingerprint density at radius 3 is 2.88 bits per heavy atom. The summed E-state index contributed by atoms with van der Waals surface area (Å²) in [5.74, 6) is 0.649. The topological polar surface area (TPSA) is 50.4 Å². The molecule has 0 fully saturated rings. The summed E-state index contributed by atoms with van der Waals surface area (Å²) in [5.41, 5.74) is 5.99. The van der Waals surface area contributed by atoms with Gasteiger partial charge in [-0.1, -0.05) is 11.6 Å². The maximum absolute atomic E-state index is 11.1. The first-order valence-corrected chi connectivity index (χ1v) is 5.36. The Morgan fingerprint density at radius 2 is 2.25 bits per heavy atom. The molecule has 2 N–H and O–H groups in total. The minimum Gasteiger partial charge on any atom is -0.493 e. The van der Waals surface area contributed by atoms with Gasteiger partial charge in [0.05, 0.1) is 13.0 Å². The molecule has 1 amide bonds. The first-order chi connectivity index (χ1) is 7.63. The lowest BCUT2D eigenvalue weighted by Gasteiger charge is -2.09. The zero-order valence-corrected chi connectivity index (χ0v) is 10.1. The molecule has 0 heterocycles. The van der Waals surface area contributed by atoms with Crippen molar-refractivity contribution >= 4 is 17.5 Å². The van der Waals surface area contributed by atoms with Gasteiger partial charge in [-0.05, 0) is 30.7 Å². The monoisotopic (exact) mass is 242 g/mol. The molecule has 0 unspecified atom stereocenters. The van der Waals surface area contributed by atoms with Gasteiger partial charge in [-0.15, -0.1) is 0 Å². The van der Waals surface area contributed by atoms with Gasteiger partial charge in [-0.25, -0.2) is 5.43 Å². The fourth-order valence-corrected chi connectivity index (χ4v) is 1.46. The zero-order chi connectivity index (χ0) is 12.0. The molecule has 1 rings (SSSR count). The van der Waals surface area contributed by atoms with E-state index in [0.717, 1.165) is 11.3 Å². The second-order valence-corrected chi connectivity index (χ2v) is 3.74. The molecule has 0 aliphatic heterocycles. The minimum atomic E-state index is -0.103. The van der Waals surface area contributed by atoms with Crippen LogP contribution in [0.15, 0.2) is 18.2 Å². The van der Waals surface area contributed by atoms with Crippen molar-refractivity contribution in [2.24, 2.45) is 0 Å². The largest absolute Gasteiger partial charge is 0.493 e. The first-order valence-electron chi connectivity index (χ1n) is 4.98. The highest BCUT2D eigenvalue weighted by Crippen LogP contribution is 2.21. The average molecular weight is 243 g/mol. The van der Waals surface area contributed by atoms with Crippen LogP contribution in [0.3, 0.4) is 0 Å². The van der Waals surface area contributed by atoms with Crippen LogP contribution in [0.5, 0.6) is 5.75 Å². The van der Waals surface area contributed by atoms with E-state index in [1.54, 1.807) is 19.2 Å². The number of benzene rings is 1. The molecule has 16 heavy (non-hydrogen) atoms. The first kappa shape index (κ1) is 12.8. The van der Waals surface area contributed by atoms with Crippen LogP contribution in [0.2, 0.25) is 5.02 Å². The third-order valence-electron chi connectivity index (χ3n) is 1.99. The van der Waals surface area contributed by atoms with Crippen molar-refractivity contribution in [1.29, 1.82) is 0 Å². The number of rotatable bonds is 5. The van der Waals surface area contributed by atoms with Gasteiger partial charge in [0.15, 0.2) is 0 Å². The van der Waals surface area contributed by atoms with Crippen LogP contribution in [0.4, 0.5) is 0 Å². The van der Waals surface area contributed by atoms with Crippen LogP contribution >= 0.6 is 11.6 Å². The van der Waals surface area contributed by atoms with Crippen molar-refractivity contribution in [2.75, 3.05) is 13.7 Å². The smallest absolute Gasteiger partial charge is 0.237 e. The quantitative estimate of drug-likeness (QED) is 0.773. The normalized spacial score (nSPS) is 9.94. The van der Waals surface area contributed by atoms with Crippen molar-refractivity contribution in [3.05, 3.63) is 28.8 Å². The molecular weight excluding hydrogens is 228 g/mol. The molecule has 0 saturated carbocycles. The Morgan fingerprint density at radius 1 is 1.50 bits per heavy atom. The van der Waals surface area contributed by atoms with E-state index in [1.807, 2.05) is 13.0 Å². The van der Waals surface area contributed by atoms with Crippen molar-refractivity contribution < 1.29 is 9.53 Å². The van der Waals surface area contributed by atoms with E-state index >= 15 is 0 Å². The molecule has 0 atom stereocenters. The summed E-state index contributed by atoms with van der Waals surface area (Å²) in [6.45, 7) is 2.25. The molecule has 0 spiro atoms. The average Bonchev–Trinajstić information content (AvgIpc) is 2.22. The van der Waals surface area contributed by atoms with E-state index in [1.165, 1.54) is 0 Å². The Bertz CT molecular complexity index is 369. The van der Waals surface area contributed by atoms with Crippen molar-refractivity contribution in [3.63, 3.8) is 0 Å². The summed E-state index contributed by atoms with van der Waals surface area (Å²) in [6.07, 6.45) is 0.308. The molecule has 0 saturated heterocycles. The van der Waals surface area contributed by atoms with E-state index in [-0.39, 0.29) is 5.91 Å². The summed E-state index contributed by atoms with van der Waals surface area (Å²) in [4.78, 5) is 11.1. The summed E-state index contributed by atoms with van der Waals surface area (Å²) >= 11 is 5.81. The second kappa shape index (κ2) is 6.35. The number of hydrazine groups is 1. The molecule has 4 nitrogen and oxygen atoms in total. The lowest BCUT2D eigenvalue weighted by atomic mass is 10.2. The number of hydrogen-bond acceptors (Lipinski definition) is 3. The maximum Gasteiger partial charge on any atom is 0.237 e. The predicted octanol–water partition coefficient (Wildman–Crippen LogP) is 1.67. The van der Waals surface area contributed by atoms with Crippen LogP contribution in [0, 0.1) is 6.92 Å². The molecule has 0 aliphatic rings. The number of halogens is 1. The molecule has 0 bridgehead atoms. The van der Waals surface area contributed by atoms with Crippen molar-refractivity contribution in [3.8, 4) is 5.75 Å². The van der Waals surface area contributed by atoms with Gasteiger partial charge in [-0.2, -0.15) is 0 Å². The number of hydrogen-bond donors (Lipinski definition) is 2.